The van der Waals surface area contributed by atoms with Gasteiger partial charge in [-0.15, -0.1) is 0 Å². The fourth-order valence-corrected chi connectivity index (χ4v) is 5.26. The minimum Gasteiger partial charge on any atom is -0.406 e. The van der Waals surface area contributed by atoms with Crippen molar-refractivity contribution in [2.45, 2.75) is 38.3 Å². The monoisotopic (exact) mass is 173 g/mol. The van der Waals surface area contributed by atoms with E-state index >= 15 is 0 Å². The van der Waals surface area contributed by atoms with Crippen LogP contribution in [0.5, 0.6) is 0 Å². The van der Waals surface area contributed by atoms with Gasteiger partial charge >= 0.3 is 0 Å². The first kappa shape index (κ1) is 9.23. The summed E-state index contributed by atoms with van der Waals surface area (Å²) in [6, 6.07) is 2.65. The van der Waals surface area contributed by atoms with Gasteiger partial charge < -0.3 is 9.41 Å². The minimum atomic E-state index is -1.38. The highest BCUT2D eigenvalue weighted by molar-refractivity contribution is 6.71. The van der Waals surface area contributed by atoms with Crippen LogP contribution in [0.15, 0.2) is 0 Å². The number of rotatable bonds is 4. The Morgan fingerprint density at radius 3 is 2.45 bits per heavy atom. The minimum absolute atomic E-state index is 1.14. The Morgan fingerprint density at radius 2 is 2.00 bits per heavy atom. The maximum atomic E-state index is 5.63. The van der Waals surface area contributed by atoms with Crippen LogP contribution in [0.2, 0.25) is 12.1 Å². The van der Waals surface area contributed by atoms with Crippen LogP contribution in [0.25, 0.3) is 0 Å². The molecule has 0 unspecified atom stereocenters. The van der Waals surface area contributed by atoms with Gasteiger partial charge in [-0.05, 0) is 25.1 Å². The molecule has 1 rings (SSSR count). The van der Waals surface area contributed by atoms with E-state index in [1.807, 2.05) is 7.11 Å². The third kappa shape index (κ3) is 2.29. The summed E-state index contributed by atoms with van der Waals surface area (Å²) in [5.41, 5.74) is 0. The SMILES string of the molecule is CCCN[Si]1(OC)CCCC1. The van der Waals surface area contributed by atoms with Gasteiger partial charge in [0.25, 0.3) is 8.48 Å². The standard InChI is InChI=1S/C8H19NOSi/c1-3-6-9-11(10-2)7-4-5-8-11/h9H,3-8H2,1-2H3. The second-order valence-corrected chi connectivity index (χ2v) is 7.08. The maximum Gasteiger partial charge on any atom is 0.268 e. The Bertz CT molecular complexity index is 113. The second kappa shape index (κ2) is 4.23. The highest BCUT2D eigenvalue weighted by Crippen LogP contribution is 2.27. The molecule has 1 aliphatic rings. The number of hydrogen-bond donors (Lipinski definition) is 1. The Hall–Kier alpha value is 0.137. The molecule has 3 heteroatoms. The number of nitrogens with one attached hydrogen (secondary N) is 1. The molecule has 0 bridgehead atoms. The predicted molar refractivity (Wildman–Crippen MR) is 49.9 cm³/mol. The van der Waals surface area contributed by atoms with Crippen molar-refractivity contribution in [3.63, 3.8) is 0 Å². The molecule has 0 atom stereocenters. The van der Waals surface area contributed by atoms with Crippen LogP contribution in [-0.4, -0.2) is 22.1 Å². The maximum absolute atomic E-state index is 5.63. The Morgan fingerprint density at radius 1 is 1.36 bits per heavy atom. The first-order chi connectivity index (χ1) is 5.33. The molecule has 0 saturated carbocycles. The van der Waals surface area contributed by atoms with Crippen molar-refractivity contribution in [3.8, 4) is 0 Å². The topological polar surface area (TPSA) is 21.3 Å². The lowest BCUT2D eigenvalue weighted by molar-refractivity contribution is 0.382. The predicted octanol–water partition coefficient (Wildman–Crippen LogP) is 1.87. The van der Waals surface area contributed by atoms with E-state index in [0.29, 0.717) is 0 Å². The third-order valence-electron chi connectivity index (χ3n) is 2.50. The molecule has 0 aromatic heterocycles. The average Bonchev–Trinajstić information content (AvgIpc) is 2.50. The van der Waals surface area contributed by atoms with Gasteiger partial charge in [-0.2, -0.15) is 0 Å². The van der Waals surface area contributed by atoms with Crippen LogP contribution in [-0.2, 0) is 4.43 Å². The van der Waals surface area contributed by atoms with Crippen molar-refractivity contribution < 1.29 is 4.43 Å². The average molecular weight is 173 g/mol. The summed E-state index contributed by atoms with van der Waals surface area (Å²) >= 11 is 0. The zero-order valence-electron chi connectivity index (χ0n) is 7.65. The van der Waals surface area contributed by atoms with E-state index in [0.717, 1.165) is 6.54 Å². The van der Waals surface area contributed by atoms with Gasteiger partial charge in [0.15, 0.2) is 0 Å². The van der Waals surface area contributed by atoms with E-state index in [1.54, 1.807) is 0 Å². The van der Waals surface area contributed by atoms with Crippen molar-refractivity contribution in [1.29, 1.82) is 0 Å². The van der Waals surface area contributed by atoms with E-state index in [4.69, 9.17) is 4.43 Å². The van der Waals surface area contributed by atoms with E-state index < -0.39 is 8.48 Å². The van der Waals surface area contributed by atoms with Crippen molar-refractivity contribution in [2.75, 3.05) is 13.7 Å². The van der Waals surface area contributed by atoms with E-state index in [2.05, 4.69) is 11.9 Å². The molecule has 1 saturated heterocycles. The molecular weight excluding hydrogens is 154 g/mol. The molecule has 0 aromatic carbocycles. The van der Waals surface area contributed by atoms with Crippen LogP contribution >= 0.6 is 0 Å². The molecule has 1 heterocycles. The van der Waals surface area contributed by atoms with E-state index in [9.17, 15) is 0 Å². The van der Waals surface area contributed by atoms with E-state index in [-0.39, 0.29) is 0 Å². The van der Waals surface area contributed by atoms with Crippen LogP contribution < -0.4 is 4.98 Å². The van der Waals surface area contributed by atoms with Crippen molar-refractivity contribution in [3.05, 3.63) is 0 Å². The van der Waals surface area contributed by atoms with Crippen molar-refractivity contribution in [1.82, 2.24) is 4.98 Å². The normalized spacial score (nSPS) is 22.4. The van der Waals surface area contributed by atoms with Gasteiger partial charge in [-0.25, -0.2) is 0 Å². The summed E-state index contributed by atoms with van der Waals surface area (Å²) in [6.45, 7) is 3.35. The fourth-order valence-electron chi connectivity index (χ4n) is 1.75. The Labute approximate surface area is 70.5 Å². The molecule has 0 aliphatic carbocycles. The molecular formula is C8H19NOSi. The van der Waals surface area contributed by atoms with Crippen molar-refractivity contribution in [2.24, 2.45) is 0 Å². The molecule has 1 fully saturated rings. The molecule has 0 radical (unpaired) electrons. The van der Waals surface area contributed by atoms with Gasteiger partial charge in [-0.3, -0.25) is 0 Å². The quantitative estimate of drug-likeness (QED) is 0.655. The van der Waals surface area contributed by atoms with Gasteiger partial charge in [0, 0.05) is 7.11 Å². The van der Waals surface area contributed by atoms with Crippen molar-refractivity contribution >= 4 is 8.48 Å². The first-order valence-electron chi connectivity index (χ1n) is 4.63. The van der Waals surface area contributed by atoms with Crippen LogP contribution in [0.1, 0.15) is 26.2 Å². The van der Waals surface area contributed by atoms with Crippen LogP contribution in [0, 0.1) is 0 Å². The molecule has 0 amide bonds. The third-order valence-corrected chi connectivity index (χ3v) is 6.50. The smallest absolute Gasteiger partial charge is 0.268 e. The largest absolute Gasteiger partial charge is 0.406 e. The second-order valence-electron chi connectivity index (χ2n) is 3.33. The molecule has 0 aromatic rings. The summed E-state index contributed by atoms with van der Waals surface area (Å²) in [4.78, 5) is 3.61. The molecule has 1 N–H and O–H groups in total. The zero-order chi connectivity index (χ0) is 8.16. The lowest BCUT2D eigenvalue weighted by atomic mass is 10.4. The van der Waals surface area contributed by atoms with Gasteiger partial charge in [0.05, 0.1) is 0 Å². The highest BCUT2D eigenvalue weighted by Gasteiger charge is 2.36. The van der Waals surface area contributed by atoms with Crippen LogP contribution in [0.4, 0.5) is 0 Å². The van der Waals surface area contributed by atoms with Gasteiger partial charge in [-0.1, -0.05) is 19.8 Å². The highest BCUT2D eigenvalue weighted by atomic mass is 28.4. The zero-order valence-corrected chi connectivity index (χ0v) is 8.65. The van der Waals surface area contributed by atoms with Gasteiger partial charge in [0.1, 0.15) is 0 Å². The van der Waals surface area contributed by atoms with Crippen LogP contribution in [0.3, 0.4) is 0 Å². The number of hydrogen-bond acceptors (Lipinski definition) is 2. The fraction of sp³-hybridized carbons (Fsp3) is 1.00. The lowest BCUT2D eigenvalue weighted by Crippen LogP contribution is -2.50. The molecule has 66 valence electrons. The Kier molecular flexibility index (Phi) is 3.55. The molecule has 1 aliphatic heterocycles. The first-order valence-corrected chi connectivity index (χ1v) is 6.95. The van der Waals surface area contributed by atoms with E-state index in [1.165, 1.54) is 31.4 Å². The summed E-state index contributed by atoms with van der Waals surface area (Å²) in [7, 11) is 0.498. The summed E-state index contributed by atoms with van der Waals surface area (Å²) in [6.07, 6.45) is 3.96. The molecule has 11 heavy (non-hydrogen) atoms. The summed E-state index contributed by atoms with van der Waals surface area (Å²) < 4.78 is 5.63. The molecule has 2 nitrogen and oxygen atoms in total. The molecule has 0 spiro atoms. The lowest BCUT2D eigenvalue weighted by Gasteiger charge is -2.24. The Balaban J connectivity index is 2.33. The van der Waals surface area contributed by atoms with Gasteiger partial charge in [0.2, 0.25) is 0 Å². The summed E-state index contributed by atoms with van der Waals surface area (Å²) in [5.74, 6) is 0. The summed E-state index contributed by atoms with van der Waals surface area (Å²) in [5, 5.41) is 0.